The predicted molar refractivity (Wildman–Crippen MR) is 129 cm³/mol. The van der Waals surface area contributed by atoms with Crippen LogP contribution in [-0.2, 0) is 0 Å². The number of hydrazone groups is 1. The van der Waals surface area contributed by atoms with Gasteiger partial charge in [0.1, 0.15) is 5.75 Å². The standard InChI is InChI=1S/C24H29N7O/c32-21-12-11-18-9-3-4-10-19(18)20(21)17-25-29-22-26-23(30-13-5-1-6-14-30)28-24(27-22)31-15-7-2-8-16-31/h3-4,9-12,17,32H,1-2,5-8,13-16H2,(H,26,27,28,29)/b25-17-. The predicted octanol–water partition coefficient (Wildman–Crippen LogP) is 4.16. The third-order valence-electron chi connectivity index (χ3n) is 6.20. The first kappa shape index (κ1) is 20.5. The van der Waals surface area contributed by atoms with E-state index in [0.717, 1.165) is 62.6 Å². The van der Waals surface area contributed by atoms with Gasteiger partial charge in [-0.05, 0) is 55.4 Å². The van der Waals surface area contributed by atoms with E-state index in [1.54, 1.807) is 12.3 Å². The van der Waals surface area contributed by atoms with Crippen LogP contribution in [0, 0.1) is 0 Å². The molecule has 2 aliphatic rings. The molecule has 3 aromatic rings. The Kier molecular flexibility index (Phi) is 6.00. The monoisotopic (exact) mass is 431 g/mol. The number of hydrogen-bond donors (Lipinski definition) is 2. The van der Waals surface area contributed by atoms with Crippen molar-refractivity contribution in [2.24, 2.45) is 5.10 Å². The molecule has 5 rings (SSSR count). The Hall–Kier alpha value is -3.42. The summed E-state index contributed by atoms with van der Waals surface area (Å²) in [7, 11) is 0. The Balaban J connectivity index is 1.43. The van der Waals surface area contributed by atoms with Gasteiger partial charge in [-0.25, -0.2) is 5.43 Å². The van der Waals surface area contributed by atoms with Gasteiger partial charge in [0.25, 0.3) is 0 Å². The summed E-state index contributed by atoms with van der Waals surface area (Å²) in [6, 6.07) is 11.5. The molecule has 2 saturated heterocycles. The minimum absolute atomic E-state index is 0.188. The van der Waals surface area contributed by atoms with E-state index >= 15 is 0 Å². The fourth-order valence-corrected chi connectivity index (χ4v) is 4.45. The lowest BCUT2D eigenvalue weighted by Gasteiger charge is -2.30. The van der Waals surface area contributed by atoms with Gasteiger partial charge in [0, 0.05) is 31.7 Å². The summed E-state index contributed by atoms with van der Waals surface area (Å²) in [5.74, 6) is 2.04. The number of aromatic nitrogens is 3. The lowest BCUT2D eigenvalue weighted by atomic mass is 10.0. The van der Waals surface area contributed by atoms with Crippen molar-refractivity contribution < 1.29 is 5.11 Å². The summed E-state index contributed by atoms with van der Waals surface area (Å²) >= 11 is 0. The average molecular weight is 432 g/mol. The second-order valence-electron chi connectivity index (χ2n) is 8.44. The fourth-order valence-electron chi connectivity index (χ4n) is 4.45. The topological polar surface area (TPSA) is 89.8 Å². The van der Waals surface area contributed by atoms with E-state index in [1.165, 1.54) is 12.8 Å². The zero-order valence-corrected chi connectivity index (χ0v) is 18.2. The molecule has 0 unspecified atom stereocenters. The van der Waals surface area contributed by atoms with Crippen molar-refractivity contribution in [2.45, 2.75) is 38.5 Å². The summed E-state index contributed by atoms with van der Waals surface area (Å²) in [5.41, 5.74) is 3.65. The van der Waals surface area contributed by atoms with E-state index in [1.807, 2.05) is 30.3 Å². The zero-order chi connectivity index (χ0) is 21.8. The van der Waals surface area contributed by atoms with Crippen molar-refractivity contribution in [3.8, 4) is 5.75 Å². The van der Waals surface area contributed by atoms with Crippen LogP contribution in [0.5, 0.6) is 5.75 Å². The van der Waals surface area contributed by atoms with Gasteiger partial charge in [-0.15, -0.1) is 0 Å². The minimum atomic E-state index is 0.188. The molecular weight excluding hydrogens is 402 g/mol. The summed E-state index contributed by atoms with van der Waals surface area (Å²) in [6.45, 7) is 3.87. The van der Waals surface area contributed by atoms with E-state index in [4.69, 9.17) is 4.98 Å². The van der Waals surface area contributed by atoms with Crippen molar-refractivity contribution in [3.05, 3.63) is 42.0 Å². The third-order valence-corrected chi connectivity index (χ3v) is 6.20. The smallest absolute Gasteiger partial charge is 0.250 e. The van der Waals surface area contributed by atoms with Crippen molar-refractivity contribution in [3.63, 3.8) is 0 Å². The number of rotatable bonds is 5. The maximum atomic E-state index is 10.4. The largest absolute Gasteiger partial charge is 0.507 e. The van der Waals surface area contributed by atoms with Gasteiger partial charge in [0.15, 0.2) is 0 Å². The number of nitrogens with one attached hydrogen (secondary N) is 1. The van der Waals surface area contributed by atoms with Crippen LogP contribution >= 0.6 is 0 Å². The number of phenols is 1. The molecule has 2 aliphatic heterocycles. The van der Waals surface area contributed by atoms with Crippen LogP contribution in [0.25, 0.3) is 10.8 Å². The van der Waals surface area contributed by atoms with Crippen molar-refractivity contribution in [2.75, 3.05) is 41.4 Å². The summed E-state index contributed by atoms with van der Waals surface area (Å²) in [5, 5.41) is 16.7. The van der Waals surface area contributed by atoms with Gasteiger partial charge in [0.05, 0.1) is 6.21 Å². The van der Waals surface area contributed by atoms with E-state index in [9.17, 15) is 5.11 Å². The van der Waals surface area contributed by atoms with E-state index in [0.29, 0.717) is 23.4 Å². The molecule has 1 aromatic heterocycles. The molecule has 0 amide bonds. The molecule has 8 heteroatoms. The molecule has 2 aromatic carbocycles. The van der Waals surface area contributed by atoms with Crippen LogP contribution in [0.2, 0.25) is 0 Å². The lowest BCUT2D eigenvalue weighted by Crippen LogP contribution is -2.34. The average Bonchev–Trinajstić information content (AvgIpc) is 2.86. The molecule has 2 N–H and O–H groups in total. The van der Waals surface area contributed by atoms with Crippen LogP contribution in [0.15, 0.2) is 41.5 Å². The molecule has 0 aliphatic carbocycles. The Morgan fingerprint density at radius 3 is 2.06 bits per heavy atom. The molecule has 0 atom stereocenters. The quantitative estimate of drug-likeness (QED) is 0.463. The van der Waals surface area contributed by atoms with Gasteiger partial charge in [-0.1, -0.05) is 30.3 Å². The normalized spacial score (nSPS) is 17.2. The maximum absolute atomic E-state index is 10.4. The van der Waals surface area contributed by atoms with Crippen LogP contribution in [-0.4, -0.2) is 52.5 Å². The number of benzene rings is 2. The Labute approximate surface area is 188 Å². The molecule has 0 bridgehead atoms. The first-order chi connectivity index (χ1) is 15.8. The number of nitrogens with zero attached hydrogens (tertiary/aromatic N) is 6. The summed E-state index contributed by atoms with van der Waals surface area (Å²) < 4.78 is 0. The first-order valence-electron chi connectivity index (χ1n) is 11.5. The van der Waals surface area contributed by atoms with E-state index in [-0.39, 0.29) is 5.75 Å². The van der Waals surface area contributed by atoms with E-state index < -0.39 is 0 Å². The number of fused-ring (bicyclic) bond motifs is 1. The van der Waals surface area contributed by atoms with Gasteiger partial charge < -0.3 is 14.9 Å². The molecule has 166 valence electrons. The highest BCUT2D eigenvalue weighted by Gasteiger charge is 2.20. The van der Waals surface area contributed by atoms with Crippen LogP contribution in [0.4, 0.5) is 17.8 Å². The number of aromatic hydroxyl groups is 1. The number of anilines is 3. The number of hydrogen-bond acceptors (Lipinski definition) is 8. The molecule has 0 spiro atoms. The second kappa shape index (κ2) is 9.38. The highest BCUT2D eigenvalue weighted by Crippen LogP contribution is 2.26. The molecule has 32 heavy (non-hydrogen) atoms. The molecular formula is C24H29N7O. The van der Waals surface area contributed by atoms with Gasteiger partial charge in [-0.3, -0.25) is 0 Å². The van der Waals surface area contributed by atoms with Crippen LogP contribution in [0.3, 0.4) is 0 Å². The van der Waals surface area contributed by atoms with Crippen molar-refractivity contribution >= 4 is 34.8 Å². The molecule has 8 nitrogen and oxygen atoms in total. The highest BCUT2D eigenvalue weighted by molar-refractivity contribution is 6.02. The number of phenolic OH excluding ortho intramolecular Hbond substituents is 1. The lowest BCUT2D eigenvalue weighted by molar-refractivity contribution is 0.475. The van der Waals surface area contributed by atoms with Gasteiger partial charge in [0.2, 0.25) is 17.8 Å². The Bertz CT molecular complexity index is 1070. The SMILES string of the molecule is Oc1ccc2ccccc2c1/C=N\Nc1nc(N2CCCCC2)nc(N2CCCCC2)n1. The second-order valence-corrected chi connectivity index (χ2v) is 8.44. The molecule has 2 fully saturated rings. The fraction of sp³-hybridized carbons (Fsp3) is 0.417. The maximum Gasteiger partial charge on any atom is 0.250 e. The summed E-state index contributed by atoms with van der Waals surface area (Å²) in [4.78, 5) is 18.6. The van der Waals surface area contributed by atoms with Crippen molar-refractivity contribution in [1.82, 2.24) is 15.0 Å². The third kappa shape index (κ3) is 4.44. The van der Waals surface area contributed by atoms with Crippen LogP contribution < -0.4 is 15.2 Å². The number of piperidine rings is 2. The van der Waals surface area contributed by atoms with Gasteiger partial charge >= 0.3 is 0 Å². The Morgan fingerprint density at radius 2 is 1.41 bits per heavy atom. The zero-order valence-electron chi connectivity index (χ0n) is 18.2. The highest BCUT2D eigenvalue weighted by atomic mass is 16.3. The molecule has 0 radical (unpaired) electrons. The summed E-state index contributed by atoms with van der Waals surface area (Å²) in [6.07, 6.45) is 8.77. The van der Waals surface area contributed by atoms with E-state index in [2.05, 4.69) is 30.3 Å². The first-order valence-corrected chi connectivity index (χ1v) is 11.5. The van der Waals surface area contributed by atoms with Gasteiger partial charge in [-0.2, -0.15) is 20.1 Å². The minimum Gasteiger partial charge on any atom is -0.507 e. The van der Waals surface area contributed by atoms with Crippen LogP contribution in [0.1, 0.15) is 44.1 Å². The Morgan fingerprint density at radius 1 is 0.781 bits per heavy atom. The van der Waals surface area contributed by atoms with Crippen molar-refractivity contribution in [1.29, 1.82) is 0 Å². The molecule has 3 heterocycles. The molecule has 0 saturated carbocycles.